The molecule has 23 heavy (non-hydrogen) atoms. The fraction of sp³-hybridized carbons (Fsp3) is 0.238. The number of hydrogen-bond donors (Lipinski definition) is 0. The van der Waals surface area contributed by atoms with E-state index in [0.29, 0.717) is 5.92 Å². The Balaban J connectivity index is 2.17. The third kappa shape index (κ3) is 2.70. The third-order valence-electron chi connectivity index (χ3n) is 4.31. The van der Waals surface area contributed by atoms with Crippen LogP contribution >= 0.6 is 0 Å². The van der Waals surface area contributed by atoms with Crippen LogP contribution in [0.1, 0.15) is 48.9 Å². The van der Waals surface area contributed by atoms with Crippen molar-refractivity contribution < 1.29 is 9.13 Å². The van der Waals surface area contributed by atoms with Crippen molar-refractivity contribution in [3.8, 4) is 5.75 Å². The average molecular weight is 308 g/mol. The summed E-state index contributed by atoms with van der Waals surface area (Å²) in [5.41, 5.74) is 6.26. The second kappa shape index (κ2) is 5.69. The number of ether oxygens (including phenoxy) is 1. The highest BCUT2D eigenvalue weighted by Gasteiger charge is 2.25. The maximum atomic E-state index is 13.2. The fourth-order valence-corrected chi connectivity index (χ4v) is 2.96. The first-order chi connectivity index (χ1) is 10.9. The van der Waals surface area contributed by atoms with Crippen molar-refractivity contribution in [3.63, 3.8) is 0 Å². The Bertz CT molecular complexity index is 810. The molecule has 118 valence electrons. The smallest absolute Gasteiger partial charge is 0.138 e. The molecule has 2 heteroatoms. The van der Waals surface area contributed by atoms with E-state index >= 15 is 0 Å². The summed E-state index contributed by atoms with van der Waals surface area (Å²) < 4.78 is 19.5. The van der Waals surface area contributed by atoms with E-state index in [1.807, 2.05) is 6.92 Å². The predicted octanol–water partition coefficient (Wildman–Crippen LogP) is 6.09. The van der Waals surface area contributed by atoms with Crippen molar-refractivity contribution >= 4 is 11.3 Å². The zero-order chi connectivity index (χ0) is 16.7. The lowest BCUT2D eigenvalue weighted by molar-refractivity contribution is 0.494. The van der Waals surface area contributed by atoms with E-state index in [4.69, 9.17) is 4.74 Å². The Kier molecular flexibility index (Phi) is 3.85. The van der Waals surface area contributed by atoms with Gasteiger partial charge in [0.15, 0.2) is 0 Å². The van der Waals surface area contributed by atoms with Crippen molar-refractivity contribution in [1.29, 1.82) is 0 Å². The van der Waals surface area contributed by atoms with Crippen molar-refractivity contribution in [2.75, 3.05) is 0 Å². The van der Waals surface area contributed by atoms with E-state index in [1.165, 1.54) is 23.3 Å². The summed E-state index contributed by atoms with van der Waals surface area (Å²) in [5, 5.41) is 0. The van der Waals surface area contributed by atoms with Gasteiger partial charge in [-0.25, -0.2) is 4.39 Å². The third-order valence-corrected chi connectivity index (χ3v) is 4.31. The molecule has 0 saturated carbocycles. The summed E-state index contributed by atoms with van der Waals surface area (Å²) >= 11 is 0. The SMILES string of the molecule is C=C1C(C)=C(c2ccc(F)cc2)Oc2c1cc(C)cc2C(C)C. The molecule has 1 aliphatic rings. The lowest BCUT2D eigenvalue weighted by Crippen LogP contribution is -2.10. The molecule has 1 nitrogen and oxygen atoms in total. The second-order valence-corrected chi connectivity index (χ2v) is 6.43. The second-order valence-electron chi connectivity index (χ2n) is 6.43. The molecule has 0 saturated heterocycles. The summed E-state index contributed by atoms with van der Waals surface area (Å²) in [6, 6.07) is 10.7. The molecule has 0 unspecified atom stereocenters. The van der Waals surface area contributed by atoms with Crippen LogP contribution < -0.4 is 4.74 Å². The van der Waals surface area contributed by atoms with Crippen LogP contribution in [0.25, 0.3) is 11.3 Å². The molecule has 2 aromatic carbocycles. The number of hydrogen-bond acceptors (Lipinski definition) is 1. The highest BCUT2D eigenvalue weighted by atomic mass is 19.1. The first kappa shape index (κ1) is 15.5. The summed E-state index contributed by atoms with van der Waals surface area (Å²) in [4.78, 5) is 0. The molecule has 0 radical (unpaired) electrons. The van der Waals surface area contributed by atoms with Crippen LogP contribution in [0.4, 0.5) is 4.39 Å². The maximum absolute atomic E-state index is 13.2. The molecule has 0 fully saturated rings. The van der Waals surface area contributed by atoms with Crippen molar-refractivity contribution in [2.24, 2.45) is 0 Å². The van der Waals surface area contributed by atoms with Gasteiger partial charge < -0.3 is 4.74 Å². The lowest BCUT2D eigenvalue weighted by atomic mass is 9.88. The highest BCUT2D eigenvalue weighted by molar-refractivity contribution is 5.92. The molecule has 1 heterocycles. The van der Waals surface area contributed by atoms with Crippen LogP contribution in [-0.4, -0.2) is 0 Å². The van der Waals surface area contributed by atoms with Crippen LogP contribution in [0.2, 0.25) is 0 Å². The minimum Gasteiger partial charge on any atom is -0.455 e. The minimum absolute atomic E-state index is 0.250. The van der Waals surface area contributed by atoms with Crippen molar-refractivity contribution in [1.82, 2.24) is 0 Å². The van der Waals surface area contributed by atoms with E-state index < -0.39 is 0 Å². The van der Waals surface area contributed by atoms with Gasteiger partial charge in [0.25, 0.3) is 0 Å². The summed E-state index contributed by atoms with van der Waals surface area (Å²) in [5.74, 6) is 1.73. The number of allylic oxidation sites excluding steroid dienone is 2. The fourth-order valence-electron chi connectivity index (χ4n) is 2.96. The largest absolute Gasteiger partial charge is 0.455 e. The maximum Gasteiger partial charge on any atom is 0.138 e. The van der Waals surface area contributed by atoms with Gasteiger partial charge in [-0.2, -0.15) is 0 Å². The first-order valence-electron chi connectivity index (χ1n) is 7.87. The van der Waals surface area contributed by atoms with Gasteiger partial charge in [-0.15, -0.1) is 0 Å². The predicted molar refractivity (Wildman–Crippen MR) is 93.9 cm³/mol. The monoisotopic (exact) mass is 308 g/mol. The topological polar surface area (TPSA) is 9.23 Å². The number of aryl methyl sites for hydroxylation is 1. The van der Waals surface area contributed by atoms with E-state index in [-0.39, 0.29) is 5.82 Å². The van der Waals surface area contributed by atoms with Crippen molar-refractivity contribution in [3.05, 3.63) is 76.6 Å². The van der Waals surface area contributed by atoms with Crippen molar-refractivity contribution in [2.45, 2.75) is 33.6 Å². The Hall–Kier alpha value is -2.35. The summed E-state index contributed by atoms with van der Waals surface area (Å²) in [7, 11) is 0. The molecule has 0 bridgehead atoms. The Morgan fingerprint density at radius 2 is 1.70 bits per heavy atom. The van der Waals surface area contributed by atoms with Gasteiger partial charge >= 0.3 is 0 Å². The lowest BCUT2D eigenvalue weighted by Gasteiger charge is -2.27. The first-order valence-corrected chi connectivity index (χ1v) is 7.87. The van der Waals surface area contributed by atoms with E-state index in [2.05, 4.69) is 39.5 Å². The molecule has 0 amide bonds. The molecule has 0 aliphatic carbocycles. The van der Waals surface area contributed by atoms with Gasteiger partial charge in [0.2, 0.25) is 0 Å². The number of halogens is 1. The number of fused-ring (bicyclic) bond motifs is 1. The summed E-state index contributed by atoms with van der Waals surface area (Å²) in [6.45, 7) is 12.7. The molecule has 0 aromatic heterocycles. The molecule has 0 atom stereocenters. The van der Waals surface area contributed by atoms with Crippen LogP contribution in [0.3, 0.4) is 0 Å². The van der Waals surface area contributed by atoms with Crippen LogP contribution in [-0.2, 0) is 0 Å². The van der Waals surface area contributed by atoms with Crippen LogP contribution in [0.15, 0.2) is 48.6 Å². The van der Waals surface area contributed by atoms with Gasteiger partial charge in [-0.1, -0.05) is 26.5 Å². The quantitative estimate of drug-likeness (QED) is 0.652. The Morgan fingerprint density at radius 1 is 1.04 bits per heavy atom. The van der Waals surface area contributed by atoms with E-state index in [0.717, 1.165) is 33.8 Å². The van der Waals surface area contributed by atoms with Crippen LogP contribution in [0, 0.1) is 12.7 Å². The minimum atomic E-state index is -0.250. The number of rotatable bonds is 2. The Labute approximate surface area is 137 Å². The highest BCUT2D eigenvalue weighted by Crippen LogP contribution is 2.45. The zero-order valence-electron chi connectivity index (χ0n) is 14.0. The molecule has 2 aromatic rings. The summed E-state index contributed by atoms with van der Waals surface area (Å²) in [6.07, 6.45) is 0. The standard InChI is InChI=1S/C21H21FO/c1-12(2)18-10-13(3)11-19-14(4)15(5)20(23-21(18)19)16-6-8-17(22)9-7-16/h6-12H,4H2,1-3,5H3. The Morgan fingerprint density at radius 3 is 2.30 bits per heavy atom. The van der Waals surface area contributed by atoms with Gasteiger partial charge in [0.1, 0.15) is 17.3 Å². The molecule has 0 N–H and O–H groups in total. The van der Waals surface area contributed by atoms with Gasteiger partial charge in [0.05, 0.1) is 0 Å². The molecule has 3 rings (SSSR count). The zero-order valence-corrected chi connectivity index (χ0v) is 14.0. The average Bonchev–Trinajstić information content (AvgIpc) is 2.51. The van der Waals surface area contributed by atoms with Gasteiger partial charge in [-0.05, 0) is 72.4 Å². The molecule has 0 spiro atoms. The molecule has 1 aliphatic heterocycles. The molecular formula is C21H21FO. The van der Waals surface area contributed by atoms with Gasteiger partial charge in [-0.3, -0.25) is 0 Å². The normalized spacial score (nSPS) is 14.1. The van der Waals surface area contributed by atoms with E-state index in [9.17, 15) is 4.39 Å². The van der Waals surface area contributed by atoms with Gasteiger partial charge in [0, 0.05) is 11.1 Å². The van der Waals surface area contributed by atoms with E-state index in [1.54, 1.807) is 12.1 Å². The van der Waals surface area contributed by atoms with Crippen LogP contribution in [0.5, 0.6) is 5.75 Å². The number of benzene rings is 2. The molecular weight excluding hydrogens is 287 g/mol.